The van der Waals surface area contributed by atoms with E-state index in [9.17, 15) is 4.79 Å². The maximum Gasteiger partial charge on any atom is 0.259 e. The second-order valence-electron chi connectivity index (χ2n) is 7.94. The number of carbonyl (C=O) groups excluding carboxylic acids is 1. The highest BCUT2D eigenvalue weighted by Crippen LogP contribution is 2.26. The molecule has 0 unspecified atom stereocenters. The molecule has 0 atom stereocenters. The fraction of sp³-hybridized carbons (Fsp3) is 0.524. The second-order valence-corrected chi connectivity index (χ2v) is 7.94. The standard InChI is InChI=1S/C21H28N6O2/c1-5-27-11-8-17(24-27)18-12-16(19-14(4)25-29-21(19)23-18)20(28)22-15-6-9-26(10-7-15)13(2)3/h8,11-13,15H,5-7,9-10H2,1-4H3,(H,22,28). The van der Waals surface area contributed by atoms with Crippen molar-refractivity contribution in [3.63, 3.8) is 0 Å². The highest BCUT2D eigenvalue weighted by Gasteiger charge is 2.25. The molecule has 1 fully saturated rings. The first kappa shape index (κ1) is 19.6. The maximum absolute atomic E-state index is 13.2. The predicted octanol–water partition coefficient (Wildman–Crippen LogP) is 3.02. The molecular weight excluding hydrogens is 368 g/mol. The Morgan fingerprint density at radius 2 is 2.07 bits per heavy atom. The van der Waals surface area contributed by atoms with E-state index in [2.05, 4.69) is 39.3 Å². The summed E-state index contributed by atoms with van der Waals surface area (Å²) in [6.45, 7) is 11.0. The van der Waals surface area contributed by atoms with Crippen LogP contribution in [-0.4, -0.2) is 55.9 Å². The molecule has 8 heteroatoms. The minimum Gasteiger partial charge on any atom is -0.349 e. The number of rotatable bonds is 5. The SMILES string of the molecule is CCn1ccc(-c2cc(C(=O)NC3CCN(C(C)C)CC3)c3c(C)noc3n2)n1. The van der Waals surface area contributed by atoms with Crippen molar-refractivity contribution < 1.29 is 9.32 Å². The molecule has 3 aromatic rings. The molecule has 0 aliphatic carbocycles. The van der Waals surface area contributed by atoms with Crippen molar-refractivity contribution in [2.45, 2.75) is 59.2 Å². The van der Waals surface area contributed by atoms with Crippen molar-refractivity contribution in [3.05, 3.63) is 29.6 Å². The first-order valence-corrected chi connectivity index (χ1v) is 10.3. The van der Waals surface area contributed by atoms with E-state index in [1.165, 1.54) is 0 Å². The van der Waals surface area contributed by atoms with Crippen molar-refractivity contribution in [2.24, 2.45) is 0 Å². The lowest BCUT2D eigenvalue weighted by atomic mass is 10.0. The van der Waals surface area contributed by atoms with Crippen LogP contribution in [0.2, 0.25) is 0 Å². The van der Waals surface area contributed by atoms with Gasteiger partial charge in [-0.3, -0.25) is 9.48 Å². The Morgan fingerprint density at radius 3 is 2.72 bits per heavy atom. The first-order valence-electron chi connectivity index (χ1n) is 10.3. The first-order chi connectivity index (χ1) is 14.0. The summed E-state index contributed by atoms with van der Waals surface area (Å²) in [4.78, 5) is 20.2. The van der Waals surface area contributed by atoms with Gasteiger partial charge in [0.05, 0.1) is 22.3 Å². The van der Waals surface area contributed by atoms with E-state index in [0.29, 0.717) is 39.8 Å². The number of aryl methyl sites for hydroxylation is 2. The zero-order chi connectivity index (χ0) is 20.5. The quantitative estimate of drug-likeness (QED) is 0.713. The zero-order valence-electron chi connectivity index (χ0n) is 17.5. The van der Waals surface area contributed by atoms with Crippen LogP contribution in [0.4, 0.5) is 0 Å². The number of nitrogens with one attached hydrogen (secondary N) is 1. The molecule has 0 spiro atoms. The van der Waals surface area contributed by atoms with E-state index in [4.69, 9.17) is 4.52 Å². The summed E-state index contributed by atoms with van der Waals surface area (Å²) in [6.07, 6.45) is 3.80. The van der Waals surface area contributed by atoms with Gasteiger partial charge in [-0.05, 0) is 52.7 Å². The minimum atomic E-state index is -0.108. The van der Waals surface area contributed by atoms with Gasteiger partial charge in [0, 0.05) is 37.9 Å². The molecule has 3 aromatic heterocycles. The van der Waals surface area contributed by atoms with E-state index < -0.39 is 0 Å². The zero-order valence-corrected chi connectivity index (χ0v) is 17.5. The van der Waals surface area contributed by atoms with E-state index in [0.717, 1.165) is 32.5 Å². The van der Waals surface area contributed by atoms with E-state index in [1.807, 2.05) is 30.8 Å². The number of aromatic nitrogens is 4. The molecular formula is C21H28N6O2. The van der Waals surface area contributed by atoms with Gasteiger partial charge < -0.3 is 14.7 Å². The average molecular weight is 396 g/mol. The number of pyridine rings is 1. The van der Waals surface area contributed by atoms with Gasteiger partial charge in [0.1, 0.15) is 5.69 Å². The van der Waals surface area contributed by atoms with Crippen LogP contribution in [0.1, 0.15) is 49.7 Å². The average Bonchev–Trinajstić information content (AvgIpc) is 3.34. The van der Waals surface area contributed by atoms with Gasteiger partial charge in [-0.25, -0.2) is 4.98 Å². The lowest BCUT2D eigenvalue weighted by Crippen LogP contribution is -2.46. The van der Waals surface area contributed by atoms with Crippen LogP contribution >= 0.6 is 0 Å². The van der Waals surface area contributed by atoms with Gasteiger partial charge in [-0.1, -0.05) is 5.16 Å². The topological polar surface area (TPSA) is 89.1 Å². The molecule has 29 heavy (non-hydrogen) atoms. The van der Waals surface area contributed by atoms with Crippen LogP contribution < -0.4 is 5.32 Å². The van der Waals surface area contributed by atoms with Crippen molar-refractivity contribution in [2.75, 3.05) is 13.1 Å². The monoisotopic (exact) mass is 396 g/mol. The van der Waals surface area contributed by atoms with E-state index in [1.54, 1.807) is 6.07 Å². The van der Waals surface area contributed by atoms with Crippen LogP contribution in [0.5, 0.6) is 0 Å². The molecule has 0 bridgehead atoms. The molecule has 1 saturated heterocycles. The highest BCUT2D eigenvalue weighted by atomic mass is 16.5. The molecule has 1 N–H and O–H groups in total. The highest BCUT2D eigenvalue weighted by molar-refractivity contribution is 6.07. The number of amides is 1. The van der Waals surface area contributed by atoms with Crippen molar-refractivity contribution >= 4 is 17.0 Å². The number of likely N-dealkylation sites (tertiary alicyclic amines) is 1. The molecule has 8 nitrogen and oxygen atoms in total. The Balaban J connectivity index is 1.61. The number of piperidine rings is 1. The number of fused-ring (bicyclic) bond motifs is 1. The van der Waals surface area contributed by atoms with Crippen LogP contribution in [-0.2, 0) is 6.54 Å². The molecule has 1 aliphatic rings. The van der Waals surface area contributed by atoms with Crippen molar-refractivity contribution in [1.82, 2.24) is 30.1 Å². The van der Waals surface area contributed by atoms with Crippen LogP contribution in [0.25, 0.3) is 22.5 Å². The normalized spacial score (nSPS) is 16.0. The Hall–Kier alpha value is -2.74. The molecule has 1 amide bonds. The molecule has 0 saturated carbocycles. The minimum absolute atomic E-state index is 0.108. The third kappa shape index (κ3) is 3.89. The Bertz CT molecular complexity index is 1010. The van der Waals surface area contributed by atoms with Gasteiger partial charge >= 0.3 is 0 Å². The number of nitrogens with zero attached hydrogens (tertiary/aromatic N) is 5. The van der Waals surface area contributed by atoms with Crippen molar-refractivity contribution in [1.29, 1.82) is 0 Å². The summed E-state index contributed by atoms with van der Waals surface area (Å²) in [6, 6.07) is 4.40. The lowest BCUT2D eigenvalue weighted by Gasteiger charge is -2.34. The van der Waals surface area contributed by atoms with Gasteiger partial charge in [0.25, 0.3) is 11.6 Å². The van der Waals surface area contributed by atoms with Crippen LogP contribution in [0.15, 0.2) is 22.9 Å². The lowest BCUT2D eigenvalue weighted by molar-refractivity contribution is 0.0902. The number of carbonyl (C=O) groups is 1. The molecule has 1 aliphatic heterocycles. The Labute approximate surface area is 170 Å². The largest absolute Gasteiger partial charge is 0.349 e. The summed E-state index contributed by atoms with van der Waals surface area (Å²) in [7, 11) is 0. The molecule has 0 aromatic carbocycles. The van der Waals surface area contributed by atoms with Gasteiger partial charge in [0.2, 0.25) is 0 Å². The Kier molecular flexibility index (Phi) is 5.36. The van der Waals surface area contributed by atoms with Crippen LogP contribution in [0, 0.1) is 6.92 Å². The molecule has 0 radical (unpaired) electrons. The van der Waals surface area contributed by atoms with Gasteiger partial charge in [0.15, 0.2) is 0 Å². The molecule has 4 rings (SSSR count). The molecule has 4 heterocycles. The molecule has 154 valence electrons. The second kappa shape index (κ2) is 7.94. The van der Waals surface area contributed by atoms with E-state index >= 15 is 0 Å². The summed E-state index contributed by atoms with van der Waals surface area (Å²) in [5.74, 6) is -0.108. The van der Waals surface area contributed by atoms with Gasteiger partial charge in [-0.15, -0.1) is 0 Å². The smallest absolute Gasteiger partial charge is 0.259 e. The Morgan fingerprint density at radius 1 is 1.31 bits per heavy atom. The summed E-state index contributed by atoms with van der Waals surface area (Å²) < 4.78 is 7.21. The van der Waals surface area contributed by atoms with Crippen LogP contribution in [0.3, 0.4) is 0 Å². The number of hydrogen-bond acceptors (Lipinski definition) is 6. The third-order valence-corrected chi connectivity index (χ3v) is 5.68. The summed E-state index contributed by atoms with van der Waals surface area (Å²) >= 11 is 0. The summed E-state index contributed by atoms with van der Waals surface area (Å²) in [5.41, 5.74) is 2.90. The van der Waals surface area contributed by atoms with E-state index in [-0.39, 0.29) is 11.9 Å². The number of hydrogen-bond donors (Lipinski definition) is 1. The third-order valence-electron chi connectivity index (χ3n) is 5.68. The fourth-order valence-corrected chi connectivity index (χ4v) is 3.90. The van der Waals surface area contributed by atoms with Gasteiger partial charge in [-0.2, -0.15) is 5.10 Å². The predicted molar refractivity (Wildman–Crippen MR) is 111 cm³/mol. The maximum atomic E-state index is 13.2. The summed E-state index contributed by atoms with van der Waals surface area (Å²) in [5, 5.41) is 12.4. The van der Waals surface area contributed by atoms with Crippen molar-refractivity contribution in [3.8, 4) is 11.4 Å². The fourth-order valence-electron chi connectivity index (χ4n) is 3.90.